The van der Waals surface area contributed by atoms with Crippen LogP contribution in [-0.4, -0.2) is 24.1 Å². The van der Waals surface area contributed by atoms with Gasteiger partial charge in [-0.2, -0.15) is 0 Å². The molecule has 0 saturated carbocycles. The monoisotopic (exact) mass is 827 g/mol. The van der Waals surface area contributed by atoms with Gasteiger partial charge in [-0.05, 0) is 60.6 Å². The van der Waals surface area contributed by atoms with E-state index in [1.54, 1.807) is 0 Å². The Morgan fingerprint density at radius 3 is 1.78 bits per heavy atom. The van der Waals surface area contributed by atoms with Gasteiger partial charge in [0, 0.05) is 75.2 Å². The zero-order chi connectivity index (χ0) is 46.7. The molecule has 0 fully saturated rings. The van der Waals surface area contributed by atoms with Crippen LogP contribution in [0.2, 0.25) is 0 Å². The van der Waals surface area contributed by atoms with Crippen LogP contribution in [0.4, 0.5) is 0 Å². The lowest BCUT2D eigenvalue weighted by Crippen LogP contribution is -2.02. The van der Waals surface area contributed by atoms with Crippen LogP contribution in [0, 0.1) is 0 Å². The number of para-hydroxylation sites is 4. The summed E-state index contributed by atoms with van der Waals surface area (Å²) < 4.78 is 60.1. The Morgan fingerprint density at radius 2 is 1.02 bits per heavy atom. The minimum absolute atomic E-state index is 0.0556. The minimum atomic E-state index is -0.311. The molecule has 0 spiro atoms. The maximum atomic E-state index is 9.72. The summed E-state index contributed by atoms with van der Waals surface area (Å²) in [6.45, 7) is 0. The molecule has 13 rings (SSSR count). The molecule has 0 aliphatic carbocycles. The molecular formula is C57H35N5S. The van der Waals surface area contributed by atoms with Crippen LogP contribution in [0.25, 0.3) is 120 Å². The number of rotatable bonds is 6. The molecule has 0 N–H and O–H groups in total. The summed E-state index contributed by atoms with van der Waals surface area (Å²) in [7, 11) is 0. The maximum absolute atomic E-state index is 9.72. The molecule has 0 saturated heterocycles. The van der Waals surface area contributed by atoms with E-state index in [0.717, 1.165) is 66.1 Å². The van der Waals surface area contributed by atoms with E-state index in [9.17, 15) is 4.11 Å². The molecule has 4 heterocycles. The van der Waals surface area contributed by atoms with E-state index in [4.69, 9.17) is 19.1 Å². The molecule has 5 nitrogen and oxygen atoms in total. The van der Waals surface area contributed by atoms with Crippen LogP contribution in [-0.2, 0) is 0 Å². The molecule has 0 aliphatic rings. The molecule has 4 aromatic heterocycles. The Labute approximate surface area is 374 Å². The third kappa shape index (κ3) is 5.59. The Hall–Kier alpha value is -8.19. The highest BCUT2D eigenvalue weighted by Crippen LogP contribution is 2.45. The van der Waals surface area contributed by atoms with Crippen molar-refractivity contribution in [2.24, 2.45) is 0 Å². The third-order valence-corrected chi connectivity index (χ3v) is 13.1. The summed E-state index contributed by atoms with van der Waals surface area (Å²) in [5, 5.41) is 4.70. The SMILES string of the molecule is [2H]c1cc([2H])c2sc3c(-c4cc(-c5nc(-c6ccccc6)nc(-c6cccc7c6c6ccccc6n7-c6ccccc6)n5)ccc4-n4c5ccccc5c5ccccc54)c([2H])c([2H])c([2H])c3c2c1[2H]. The second kappa shape index (κ2) is 14.2. The fraction of sp³-hybridized carbons (Fsp3) is 0. The number of benzene rings is 9. The highest BCUT2D eigenvalue weighted by Gasteiger charge is 2.22. The zero-order valence-corrected chi connectivity index (χ0v) is 34.2. The van der Waals surface area contributed by atoms with Gasteiger partial charge >= 0.3 is 0 Å². The first-order valence-electron chi connectivity index (χ1n) is 23.7. The van der Waals surface area contributed by atoms with Crippen molar-refractivity contribution in [1.29, 1.82) is 0 Å². The van der Waals surface area contributed by atoms with E-state index in [1.807, 2.05) is 103 Å². The van der Waals surface area contributed by atoms with E-state index >= 15 is 0 Å². The average molecular weight is 828 g/mol. The number of hydrogen-bond donors (Lipinski definition) is 0. The van der Waals surface area contributed by atoms with Crippen LogP contribution < -0.4 is 0 Å². The van der Waals surface area contributed by atoms with Crippen molar-refractivity contribution < 1.29 is 8.22 Å². The average Bonchev–Trinajstić information content (AvgIpc) is 4.07. The summed E-state index contributed by atoms with van der Waals surface area (Å²) in [5.74, 6) is 1.34. The molecule has 0 bridgehead atoms. The second-order valence-corrected chi connectivity index (χ2v) is 16.5. The molecule has 0 atom stereocenters. The fourth-order valence-corrected chi connectivity index (χ4v) is 10.3. The number of fused-ring (bicyclic) bond motifs is 9. The van der Waals surface area contributed by atoms with E-state index in [1.165, 1.54) is 17.4 Å². The van der Waals surface area contributed by atoms with Gasteiger partial charge < -0.3 is 9.13 Å². The number of hydrogen-bond acceptors (Lipinski definition) is 4. The predicted octanol–water partition coefficient (Wildman–Crippen LogP) is 15.1. The van der Waals surface area contributed by atoms with E-state index in [2.05, 4.69) is 75.9 Å². The van der Waals surface area contributed by atoms with Crippen molar-refractivity contribution in [2.75, 3.05) is 0 Å². The van der Waals surface area contributed by atoms with Gasteiger partial charge in [-0.1, -0.05) is 152 Å². The van der Waals surface area contributed by atoms with Crippen LogP contribution in [0.15, 0.2) is 212 Å². The van der Waals surface area contributed by atoms with Gasteiger partial charge in [-0.25, -0.2) is 15.0 Å². The van der Waals surface area contributed by atoms with Crippen LogP contribution in [0.3, 0.4) is 0 Å². The zero-order valence-electron chi connectivity index (χ0n) is 39.4. The number of aromatic nitrogens is 5. The first kappa shape index (κ1) is 29.9. The summed E-state index contributed by atoms with van der Waals surface area (Å²) in [6.07, 6.45) is 0. The van der Waals surface area contributed by atoms with Gasteiger partial charge in [0.15, 0.2) is 17.5 Å². The van der Waals surface area contributed by atoms with E-state index < -0.39 is 0 Å². The van der Waals surface area contributed by atoms with Crippen molar-refractivity contribution >= 4 is 75.1 Å². The maximum Gasteiger partial charge on any atom is 0.164 e. The topological polar surface area (TPSA) is 48.5 Å². The number of thiophene rings is 1. The van der Waals surface area contributed by atoms with Crippen LogP contribution in [0.1, 0.15) is 8.22 Å². The lowest BCUT2D eigenvalue weighted by molar-refractivity contribution is 1.07. The smallest absolute Gasteiger partial charge is 0.164 e. The first-order valence-corrected chi connectivity index (χ1v) is 21.5. The standard InChI is InChI=1S/C57H35N5S/c1-3-17-36(18-4-1)55-58-56(60-57(59-55)45-27-16-31-51-53(45)44-24-9-13-30-49(44)61(51)38-19-5-2-6-20-38)37-33-34-50(62-47-28-11-7-21-39(47)40-22-8-12-29-48(40)62)46(35-37)43-26-15-25-42-41-23-10-14-32-52(41)63-54(42)43/h1-35H/i10D,15D,23D,25D,26D,32D. The second-order valence-electron chi connectivity index (χ2n) is 15.5. The molecule has 294 valence electrons. The van der Waals surface area contributed by atoms with E-state index in [-0.39, 0.29) is 47.0 Å². The molecular weight excluding hydrogens is 787 g/mol. The predicted molar refractivity (Wildman–Crippen MR) is 263 cm³/mol. The third-order valence-electron chi connectivity index (χ3n) is 11.9. The van der Waals surface area contributed by atoms with Gasteiger partial charge in [-0.15, -0.1) is 11.3 Å². The number of nitrogens with zero attached hydrogens (tertiary/aromatic N) is 5. The fourth-order valence-electron chi connectivity index (χ4n) is 9.22. The molecule has 13 aromatic rings. The van der Waals surface area contributed by atoms with Crippen molar-refractivity contribution in [3.63, 3.8) is 0 Å². The normalized spacial score (nSPS) is 13.1. The van der Waals surface area contributed by atoms with Gasteiger partial charge in [-0.3, -0.25) is 0 Å². The van der Waals surface area contributed by atoms with Gasteiger partial charge in [0.25, 0.3) is 0 Å². The quantitative estimate of drug-likeness (QED) is 0.168. The van der Waals surface area contributed by atoms with Crippen molar-refractivity contribution in [2.45, 2.75) is 0 Å². The Bertz CT molecular complexity index is 4220. The molecule has 6 heteroatoms. The molecule has 0 unspecified atom stereocenters. The summed E-state index contributed by atoms with van der Waals surface area (Å²) >= 11 is 1.22. The summed E-state index contributed by atoms with van der Waals surface area (Å²) in [6, 6.07) is 57.5. The van der Waals surface area contributed by atoms with Crippen LogP contribution >= 0.6 is 11.3 Å². The summed E-state index contributed by atoms with van der Waals surface area (Å²) in [5.41, 5.74) is 8.90. The van der Waals surface area contributed by atoms with Gasteiger partial charge in [0.1, 0.15) is 0 Å². The molecule has 63 heavy (non-hydrogen) atoms. The lowest BCUT2D eigenvalue weighted by atomic mass is 9.98. The van der Waals surface area contributed by atoms with Gasteiger partial charge in [0.2, 0.25) is 0 Å². The van der Waals surface area contributed by atoms with Gasteiger partial charge in [0.05, 0.1) is 36.0 Å². The van der Waals surface area contributed by atoms with Crippen LogP contribution in [0.5, 0.6) is 0 Å². The van der Waals surface area contributed by atoms with Crippen molar-refractivity contribution in [3.05, 3.63) is 212 Å². The highest BCUT2D eigenvalue weighted by molar-refractivity contribution is 7.26. The Kier molecular flexibility index (Phi) is 6.75. The van der Waals surface area contributed by atoms with Crippen molar-refractivity contribution in [3.8, 4) is 56.7 Å². The Morgan fingerprint density at radius 1 is 0.397 bits per heavy atom. The summed E-state index contributed by atoms with van der Waals surface area (Å²) in [4.78, 5) is 15.7. The molecule has 0 amide bonds. The highest BCUT2D eigenvalue weighted by atomic mass is 32.1. The molecule has 9 aromatic carbocycles. The Balaban J connectivity index is 1.13. The lowest BCUT2D eigenvalue weighted by Gasteiger charge is -2.17. The minimum Gasteiger partial charge on any atom is -0.309 e. The van der Waals surface area contributed by atoms with Crippen molar-refractivity contribution in [1.82, 2.24) is 24.1 Å². The first-order chi connectivity index (χ1) is 33.7. The molecule has 0 radical (unpaired) electrons. The largest absolute Gasteiger partial charge is 0.309 e. The van der Waals surface area contributed by atoms with E-state index in [0.29, 0.717) is 43.6 Å². The molecule has 0 aliphatic heterocycles.